The Labute approximate surface area is 179 Å². The fraction of sp³-hybridized carbons (Fsp3) is 0.167. The first-order valence-corrected chi connectivity index (χ1v) is 9.77. The Kier molecular flexibility index (Phi) is 5.75. The summed E-state index contributed by atoms with van der Waals surface area (Å²) in [5.74, 6) is 0.571. The van der Waals surface area contributed by atoms with Crippen LogP contribution in [-0.2, 0) is 11.3 Å². The van der Waals surface area contributed by atoms with Crippen molar-refractivity contribution in [1.82, 2.24) is 4.57 Å². The molecule has 3 aromatic rings. The molecule has 0 fully saturated rings. The highest BCUT2D eigenvalue weighted by atomic mass is 16.7. The minimum atomic E-state index is -1.02. The van der Waals surface area contributed by atoms with Gasteiger partial charge >= 0.3 is 5.97 Å². The van der Waals surface area contributed by atoms with Gasteiger partial charge in [-0.15, -0.1) is 0 Å². The number of carbonyl (C=O) groups is 2. The molecule has 158 valence electrons. The average molecular weight is 419 g/mol. The van der Waals surface area contributed by atoms with Crippen molar-refractivity contribution >= 4 is 17.8 Å². The zero-order chi connectivity index (χ0) is 21.8. The van der Waals surface area contributed by atoms with Crippen LogP contribution in [0.1, 0.15) is 28.5 Å². The van der Waals surface area contributed by atoms with Crippen molar-refractivity contribution in [3.05, 3.63) is 83.7 Å². The molecule has 0 saturated carbocycles. The maximum Gasteiger partial charge on any atom is 0.344 e. The Morgan fingerprint density at radius 2 is 1.97 bits per heavy atom. The predicted molar refractivity (Wildman–Crippen MR) is 114 cm³/mol. The largest absolute Gasteiger partial charge is 0.479 e. The highest BCUT2D eigenvalue weighted by Crippen LogP contribution is 2.33. The molecular formula is C24H21NO6. The number of carboxylic acid groups (broad SMARTS) is 1. The van der Waals surface area contributed by atoms with Crippen molar-refractivity contribution in [2.24, 2.45) is 0 Å². The maximum atomic E-state index is 13.0. The van der Waals surface area contributed by atoms with Crippen LogP contribution in [0.2, 0.25) is 0 Å². The zero-order valence-electron chi connectivity index (χ0n) is 16.9. The number of carbonyl (C=O) groups excluding carboxylic acids is 1. The molecule has 7 heteroatoms. The Balaban J connectivity index is 1.45. The van der Waals surface area contributed by atoms with E-state index in [-0.39, 0.29) is 12.6 Å². The van der Waals surface area contributed by atoms with Crippen LogP contribution in [0, 0.1) is 0 Å². The Morgan fingerprint density at radius 3 is 2.81 bits per heavy atom. The third-order valence-corrected chi connectivity index (χ3v) is 4.83. The van der Waals surface area contributed by atoms with Gasteiger partial charge in [0, 0.05) is 18.3 Å². The van der Waals surface area contributed by atoms with Crippen LogP contribution in [0.3, 0.4) is 0 Å². The fourth-order valence-electron chi connectivity index (χ4n) is 3.21. The number of ketones is 1. The normalized spacial score (nSPS) is 13.3. The molecule has 2 heterocycles. The third-order valence-electron chi connectivity index (χ3n) is 4.83. The van der Waals surface area contributed by atoms with Gasteiger partial charge in [-0.3, -0.25) is 4.79 Å². The predicted octanol–water partition coefficient (Wildman–Crippen LogP) is 4.01. The van der Waals surface area contributed by atoms with Gasteiger partial charge in [0.2, 0.25) is 12.6 Å². The third kappa shape index (κ3) is 4.61. The molecule has 0 saturated heterocycles. The number of carboxylic acids is 1. The van der Waals surface area contributed by atoms with E-state index in [0.717, 1.165) is 5.56 Å². The minimum Gasteiger partial charge on any atom is -0.479 e. The molecule has 1 aromatic heterocycles. The maximum absolute atomic E-state index is 13.0. The number of fused-ring (bicyclic) bond motifs is 1. The number of allylic oxidation sites excluding steroid dienone is 1. The van der Waals surface area contributed by atoms with Crippen LogP contribution >= 0.6 is 0 Å². The fourth-order valence-corrected chi connectivity index (χ4v) is 3.21. The summed E-state index contributed by atoms with van der Waals surface area (Å²) in [7, 11) is 0. The number of aromatic nitrogens is 1. The van der Waals surface area contributed by atoms with E-state index in [1.807, 2.05) is 35.0 Å². The van der Waals surface area contributed by atoms with E-state index in [4.69, 9.17) is 19.3 Å². The molecule has 0 amide bonds. The first-order chi connectivity index (χ1) is 15.0. The van der Waals surface area contributed by atoms with Gasteiger partial charge in [-0.05, 0) is 55.0 Å². The van der Waals surface area contributed by atoms with Gasteiger partial charge in [0.15, 0.2) is 17.6 Å². The van der Waals surface area contributed by atoms with Gasteiger partial charge < -0.3 is 23.9 Å². The number of hydrogen-bond acceptors (Lipinski definition) is 5. The summed E-state index contributed by atoms with van der Waals surface area (Å²) in [6.07, 6.45) is 4.74. The lowest BCUT2D eigenvalue weighted by Crippen LogP contribution is -2.22. The van der Waals surface area contributed by atoms with Crippen LogP contribution in [-0.4, -0.2) is 34.3 Å². The van der Waals surface area contributed by atoms with E-state index in [0.29, 0.717) is 35.1 Å². The molecule has 1 atom stereocenters. The Bertz CT molecular complexity index is 1150. The first-order valence-electron chi connectivity index (χ1n) is 9.77. The van der Waals surface area contributed by atoms with E-state index in [9.17, 15) is 9.59 Å². The molecule has 4 rings (SSSR count). The van der Waals surface area contributed by atoms with E-state index in [2.05, 4.69) is 0 Å². The summed E-state index contributed by atoms with van der Waals surface area (Å²) in [6, 6.07) is 15.9. The molecule has 0 aliphatic carbocycles. The molecule has 0 bridgehead atoms. The highest BCUT2D eigenvalue weighted by Gasteiger charge is 2.19. The monoisotopic (exact) mass is 419 g/mol. The molecule has 0 spiro atoms. The number of nitrogens with zero attached hydrogens (tertiary/aromatic N) is 1. The second-order valence-electron chi connectivity index (χ2n) is 7.02. The lowest BCUT2D eigenvalue weighted by atomic mass is 10.1. The summed E-state index contributed by atoms with van der Waals surface area (Å²) in [5.41, 5.74) is 1.97. The Hall–Kier alpha value is -4.00. The summed E-state index contributed by atoms with van der Waals surface area (Å²) in [4.78, 5) is 23.9. The van der Waals surface area contributed by atoms with E-state index >= 15 is 0 Å². The molecule has 7 nitrogen and oxygen atoms in total. The van der Waals surface area contributed by atoms with Gasteiger partial charge in [-0.2, -0.15) is 0 Å². The first kappa shape index (κ1) is 20.3. The van der Waals surface area contributed by atoms with Crippen LogP contribution in [0.5, 0.6) is 17.2 Å². The van der Waals surface area contributed by atoms with Crippen LogP contribution in [0.4, 0.5) is 0 Å². The number of hydrogen-bond donors (Lipinski definition) is 1. The van der Waals surface area contributed by atoms with E-state index < -0.39 is 12.1 Å². The average Bonchev–Trinajstić information content (AvgIpc) is 3.42. The summed E-state index contributed by atoms with van der Waals surface area (Å²) in [6.45, 7) is 2.14. The van der Waals surface area contributed by atoms with Crippen LogP contribution in [0.15, 0.2) is 66.9 Å². The van der Waals surface area contributed by atoms with Crippen molar-refractivity contribution in [2.75, 3.05) is 6.79 Å². The molecular weight excluding hydrogens is 398 g/mol. The summed E-state index contributed by atoms with van der Waals surface area (Å²) >= 11 is 0. The minimum absolute atomic E-state index is 0.102. The van der Waals surface area contributed by atoms with Gasteiger partial charge in [0.1, 0.15) is 5.75 Å². The zero-order valence-corrected chi connectivity index (χ0v) is 16.9. The molecule has 0 radical (unpaired) electrons. The molecule has 31 heavy (non-hydrogen) atoms. The van der Waals surface area contributed by atoms with Crippen molar-refractivity contribution in [2.45, 2.75) is 19.6 Å². The van der Waals surface area contributed by atoms with Gasteiger partial charge in [0.25, 0.3) is 0 Å². The number of ether oxygens (including phenoxy) is 3. The molecule has 1 aliphatic rings. The highest BCUT2D eigenvalue weighted by molar-refractivity contribution is 6.08. The lowest BCUT2D eigenvalue weighted by molar-refractivity contribution is -0.144. The van der Waals surface area contributed by atoms with E-state index in [1.54, 1.807) is 42.5 Å². The quantitative estimate of drug-likeness (QED) is 0.555. The second kappa shape index (κ2) is 8.79. The molecule has 2 aromatic carbocycles. The van der Waals surface area contributed by atoms with Gasteiger partial charge in [-0.1, -0.05) is 24.3 Å². The van der Waals surface area contributed by atoms with E-state index in [1.165, 1.54) is 6.92 Å². The van der Waals surface area contributed by atoms with Crippen molar-refractivity contribution in [1.29, 1.82) is 0 Å². The topological polar surface area (TPSA) is 87.0 Å². The SMILES string of the molecule is C[C@H](Oc1cccc(/C=C/Cn2cccc2C(=O)c2ccc3c(c2)OCO3)c1)C(=O)O. The summed E-state index contributed by atoms with van der Waals surface area (Å²) < 4.78 is 17.9. The van der Waals surface area contributed by atoms with Gasteiger partial charge in [0.05, 0.1) is 5.69 Å². The molecule has 1 N–H and O–H groups in total. The standard InChI is InChI=1S/C24H21NO6/c1-16(24(27)28)31-19-7-2-5-17(13-19)6-3-11-25-12-4-8-20(25)23(26)18-9-10-21-22(14-18)30-15-29-21/h2-10,12-14,16H,11,15H2,1H3,(H,27,28)/b6-3+/t16-/m0/s1. The Morgan fingerprint density at radius 1 is 1.13 bits per heavy atom. The van der Waals surface area contributed by atoms with Gasteiger partial charge in [-0.25, -0.2) is 4.79 Å². The molecule has 1 aliphatic heterocycles. The smallest absolute Gasteiger partial charge is 0.344 e. The number of aliphatic carboxylic acids is 1. The van der Waals surface area contributed by atoms with Crippen molar-refractivity contribution < 1.29 is 28.9 Å². The van der Waals surface area contributed by atoms with Crippen molar-refractivity contribution in [3.63, 3.8) is 0 Å². The number of benzene rings is 2. The summed E-state index contributed by atoms with van der Waals surface area (Å²) in [5, 5.41) is 8.98. The van der Waals surface area contributed by atoms with Crippen LogP contribution in [0.25, 0.3) is 6.08 Å². The number of rotatable bonds is 8. The van der Waals surface area contributed by atoms with Crippen molar-refractivity contribution in [3.8, 4) is 17.2 Å². The molecule has 0 unspecified atom stereocenters. The second-order valence-corrected chi connectivity index (χ2v) is 7.02. The lowest BCUT2D eigenvalue weighted by Gasteiger charge is -2.10. The van der Waals surface area contributed by atoms with Crippen LogP contribution < -0.4 is 14.2 Å².